The second kappa shape index (κ2) is 2.51. The van der Waals surface area contributed by atoms with Crippen LogP contribution in [0.25, 0.3) is 0 Å². The zero-order valence-corrected chi connectivity index (χ0v) is 7.17. The first-order valence-electron chi connectivity index (χ1n) is 4.20. The highest BCUT2D eigenvalue weighted by Gasteiger charge is 2.52. The summed E-state index contributed by atoms with van der Waals surface area (Å²) in [6, 6.07) is 6.57. The van der Waals surface area contributed by atoms with Crippen LogP contribution in [-0.2, 0) is 0 Å². The standard InChI is InChI=1S/C10H10F2O/c1-6-7-4-2-3-5-8(7)9(13)10(6,11)12/h2-6,9,13H,1H3. The van der Waals surface area contributed by atoms with Crippen LogP contribution >= 0.6 is 0 Å². The maximum absolute atomic E-state index is 13.3. The summed E-state index contributed by atoms with van der Waals surface area (Å²) in [5.74, 6) is -3.91. The van der Waals surface area contributed by atoms with Crippen LogP contribution in [0.2, 0.25) is 0 Å². The maximum Gasteiger partial charge on any atom is 0.284 e. The molecule has 1 aliphatic carbocycles. The van der Waals surface area contributed by atoms with Crippen molar-refractivity contribution < 1.29 is 13.9 Å². The molecule has 0 aromatic heterocycles. The van der Waals surface area contributed by atoms with Crippen molar-refractivity contribution in [3.63, 3.8) is 0 Å². The highest BCUT2D eigenvalue weighted by Crippen LogP contribution is 2.50. The van der Waals surface area contributed by atoms with Crippen LogP contribution in [0.1, 0.15) is 30.1 Å². The van der Waals surface area contributed by atoms with Crippen molar-refractivity contribution in [2.24, 2.45) is 0 Å². The molecule has 3 heteroatoms. The van der Waals surface area contributed by atoms with E-state index in [-0.39, 0.29) is 0 Å². The van der Waals surface area contributed by atoms with Gasteiger partial charge in [-0.15, -0.1) is 0 Å². The maximum atomic E-state index is 13.3. The Morgan fingerprint density at radius 1 is 1.23 bits per heavy atom. The van der Waals surface area contributed by atoms with E-state index in [9.17, 15) is 13.9 Å². The average Bonchev–Trinajstić information content (AvgIpc) is 2.30. The fraction of sp³-hybridized carbons (Fsp3) is 0.400. The summed E-state index contributed by atoms with van der Waals surface area (Å²) in [6.45, 7) is 1.44. The highest BCUT2D eigenvalue weighted by atomic mass is 19.3. The van der Waals surface area contributed by atoms with Gasteiger partial charge in [0.1, 0.15) is 6.10 Å². The molecule has 2 unspecified atom stereocenters. The van der Waals surface area contributed by atoms with Crippen LogP contribution < -0.4 is 0 Å². The third-order valence-electron chi connectivity index (χ3n) is 2.70. The second-order valence-corrected chi connectivity index (χ2v) is 3.43. The van der Waals surface area contributed by atoms with Gasteiger partial charge in [-0.25, -0.2) is 8.78 Å². The van der Waals surface area contributed by atoms with Crippen molar-refractivity contribution in [2.45, 2.75) is 24.9 Å². The molecule has 0 amide bonds. The highest BCUT2D eigenvalue weighted by molar-refractivity contribution is 5.40. The molecule has 0 heterocycles. The Hall–Kier alpha value is -0.960. The average molecular weight is 184 g/mol. The molecule has 1 N–H and O–H groups in total. The lowest BCUT2D eigenvalue weighted by Gasteiger charge is -2.18. The third-order valence-corrected chi connectivity index (χ3v) is 2.70. The molecule has 1 aromatic carbocycles. The van der Waals surface area contributed by atoms with Gasteiger partial charge < -0.3 is 5.11 Å². The Kier molecular flexibility index (Phi) is 1.67. The van der Waals surface area contributed by atoms with Crippen molar-refractivity contribution in [3.8, 4) is 0 Å². The summed E-state index contributed by atoms with van der Waals surface area (Å²) in [7, 11) is 0. The Morgan fingerprint density at radius 2 is 1.77 bits per heavy atom. The van der Waals surface area contributed by atoms with E-state index in [0.717, 1.165) is 0 Å². The van der Waals surface area contributed by atoms with Crippen LogP contribution in [0.15, 0.2) is 24.3 Å². The van der Waals surface area contributed by atoms with Gasteiger partial charge in [-0.05, 0) is 11.1 Å². The van der Waals surface area contributed by atoms with Gasteiger partial charge in [0.15, 0.2) is 0 Å². The molecule has 1 aromatic rings. The summed E-state index contributed by atoms with van der Waals surface area (Å²) in [6.07, 6.45) is -1.64. The minimum absolute atomic E-state index is 0.361. The van der Waals surface area contributed by atoms with Crippen LogP contribution in [0, 0.1) is 0 Å². The van der Waals surface area contributed by atoms with Gasteiger partial charge in [-0.1, -0.05) is 31.2 Å². The predicted molar refractivity (Wildman–Crippen MR) is 44.8 cm³/mol. The first-order chi connectivity index (χ1) is 6.05. The first-order valence-corrected chi connectivity index (χ1v) is 4.20. The fourth-order valence-electron chi connectivity index (χ4n) is 1.81. The summed E-state index contributed by atoms with van der Waals surface area (Å²) in [4.78, 5) is 0. The van der Waals surface area contributed by atoms with E-state index in [1.54, 1.807) is 24.3 Å². The van der Waals surface area contributed by atoms with Crippen molar-refractivity contribution in [1.29, 1.82) is 0 Å². The molecule has 0 saturated heterocycles. The van der Waals surface area contributed by atoms with Gasteiger partial charge in [0.05, 0.1) is 0 Å². The number of halogens is 2. The number of aliphatic hydroxyl groups excluding tert-OH is 1. The Morgan fingerprint density at radius 3 is 2.31 bits per heavy atom. The van der Waals surface area contributed by atoms with Gasteiger partial charge in [-0.3, -0.25) is 0 Å². The molecule has 13 heavy (non-hydrogen) atoms. The first kappa shape index (κ1) is 8.63. The topological polar surface area (TPSA) is 20.2 Å². The molecule has 0 bridgehead atoms. The van der Waals surface area contributed by atoms with Gasteiger partial charge in [0.25, 0.3) is 5.92 Å². The monoisotopic (exact) mass is 184 g/mol. The lowest BCUT2D eigenvalue weighted by molar-refractivity contribution is -0.112. The molecule has 0 aliphatic heterocycles. The zero-order chi connectivity index (χ0) is 9.64. The molecule has 1 nitrogen and oxygen atoms in total. The third kappa shape index (κ3) is 1.000. The van der Waals surface area contributed by atoms with Crippen LogP contribution in [0.5, 0.6) is 0 Å². The van der Waals surface area contributed by atoms with Crippen molar-refractivity contribution in [3.05, 3.63) is 35.4 Å². The van der Waals surface area contributed by atoms with Gasteiger partial charge in [0.2, 0.25) is 0 Å². The molecule has 0 radical (unpaired) electrons. The lowest BCUT2D eigenvalue weighted by atomic mass is 10.0. The number of benzene rings is 1. The number of rotatable bonds is 0. The van der Waals surface area contributed by atoms with Gasteiger partial charge in [-0.2, -0.15) is 0 Å². The summed E-state index contributed by atoms with van der Waals surface area (Å²) in [5.41, 5.74) is 0.917. The normalized spacial score (nSPS) is 30.2. The summed E-state index contributed by atoms with van der Waals surface area (Å²) < 4.78 is 26.5. The van der Waals surface area contributed by atoms with E-state index in [0.29, 0.717) is 11.1 Å². The number of hydrogen-bond acceptors (Lipinski definition) is 1. The quantitative estimate of drug-likeness (QED) is 0.656. The molecule has 0 saturated carbocycles. The summed E-state index contributed by atoms with van der Waals surface area (Å²) >= 11 is 0. The smallest absolute Gasteiger partial charge is 0.284 e. The Balaban J connectivity index is 2.57. The summed E-state index contributed by atoms with van der Waals surface area (Å²) in [5, 5.41) is 9.33. The van der Waals surface area contributed by atoms with Crippen molar-refractivity contribution in [2.75, 3.05) is 0 Å². The van der Waals surface area contributed by atoms with Crippen LogP contribution in [0.4, 0.5) is 8.78 Å². The molecule has 0 fully saturated rings. The predicted octanol–water partition coefficient (Wildman–Crippen LogP) is 2.47. The Bertz CT molecular complexity index is 304. The number of aliphatic hydroxyl groups is 1. The molecule has 70 valence electrons. The minimum Gasteiger partial charge on any atom is -0.382 e. The van der Waals surface area contributed by atoms with Crippen LogP contribution in [-0.4, -0.2) is 11.0 Å². The van der Waals surface area contributed by atoms with E-state index in [2.05, 4.69) is 0 Å². The van der Waals surface area contributed by atoms with E-state index in [1.807, 2.05) is 0 Å². The lowest BCUT2D eigenvalue weighted by Crippen LogP contribution is -2.24. The number of alkyl halides is 2. The van der Waals surface area contributed by atoms with Gasteiger partial charge in [0, 0.05) is 5.92 Å². The van der Waals surface area contributed by atoms with E-state index >= 15 is 0 Å². The molecule has 2 rings (SSSR count). The molecule has 0 spiro atoms. The number of hydrogen-bond donors (Lipinski definition) is 1. The Labute approximate surface area is 75.0 Å². The fourth-order valence-corrected chi connectivity index (χ4v) is 1.81. The van der Waals surface area contributed by atoms with Crippen LogP contribution in [0.3, 0.4) is 0 Å². The van der Waals surface area contributed by atoms with E-state index in [1.165, 1.54) is 6.92 Å². The number of fused-ring (bicyclic) bond motifs is 1. The van der Waals surface area contributed by atoms with E-state index in [4.69, 9.17) is 0 Å². The minimum atomic E-state index is -3.02. The molecular weight excluding hydrogens is 174 g/mol. The molecule has 2 atom stereocenters. The zero-order valence-electron chi connectivity index (χ0n) is 7.17. The SMILES string of the molecule is CC1c2ccccc2C(O)C1(F)F. The largest absolute Gasteiger partial charge is 0.382 e. The van der Waals surface area contributed by atoms with Gasteiger partial charge >= 0.3 is 0 Å². The van der Waals surface area contributed by atoms with Crippen molar-refractivity contribution in [1.82, 2.24) is 0 Å². The van der Waals surface area contributed by atoms with E-state index < -0.39 is 17.9 Å². The molecule has 1 aliphatic rings. The second-order valence-electron chi connectivity index (χ2n) is 3.43. The van der Waals surface area contributed by atoms with Crippen molar-refractivity contribution >= 4 is 0 Å². The molecular formula is C10H10F2O.